The second-order valence-electron chi connectivity index (χ2n) is 4.98. The van der Waals surface area contributed by atoms with Gasteiger partial charge < -0.3 is 5.32 Å². The molecular weight excluding hydrogens is 276 g/mol. The van der Waals surface area contributed by atoms with Crippen LogP contribution in [0, 0.1) is 6.92 Å². The minimum Gasteiger partial charge on any atom is -0.308 e. The number of aromatic nitrogens is 2. The standard InChI is InChI=1S/C17H16N4O/c1-12-7-9-13(10-8-12)15-11-16(21-20-15)19-17(22)18-14-5-3-2-4-6-14/h2-11H,1H3,(H3,18,19,20,21,22). The van der Waals surface area contributed by atoms with Gasteiger partial charge in [0.2, 0.25) is 0 Å². The third-order valence-corrected chi connectivity index (χ3v) is 3.21. The molecule has 0 fully saturated rings. The highest BCUT2D eigenvalue weighted by atomic mass is 16.2. The van der Waals surface area contributed by atoms with Crippen LogP contribution in [-0.2, 0) is 0 Å². The number of hydrogen-bond acceptors (Lipinski definition) is 2. The number of benzene rings is 2. The Hall–Kier alpha value is -3.08. The molecule has 22 heavy (non-hydrogen) atoms. The summed E-state index contributed by atoms with van der Waals surface area (Å²) in [7, 11) is 0. The van der Waals surface area contributed by atoms with Crippen LogP contribution in [0.2, 0.25) is 0 Å². The van der Waals surface area contributed by atoms with E-state index in [-0.39, 0.29) is 6.03 Å². The summed E-state index contributed by atoms with van der Waals surface area (Å²) in [4.78, 5) is 11.9. The highest BCUT2D eigenvalue weighted by Gasteiger charge is 2.07. The van der Waals surface area contributed by atoms with Gasteiger partial charge in [0.1, 0.15) is 0 Å². The summed E-state index contributed by atoms with van der Waals surface area (Å²) in [6.45, 7) is 2.04. The van der Waals surface area contributed by atoms with Crippen molar-refractivity contribution >= 4 is 17.5 Å². The van der Waals surface area contributed by atoms with E-state index in [4.69, 9.17) is 0 Å². The average molecular weight is 292 g/mol. The number of carbonyl (C=O) groups is 1. The zero-order chi connectivity index (χ0) is 15.4. The molecule has 0 spiro atoms. The minimum absolute atomic E-state index is 0.326. The lowest BCUT2D eigenvalue weighted by Crippen LogP contribution is -2.19. The Bertz CT molecular complexity index is 763. The smallest absolute Gasteiger partial charge is 0.308 e. The lowest BCUT2D eigenvalue weighted by atomic mass is 10.1. The van der Waals surface area contributed by atoms with Gasteiger partial charge in [0.15, 0.2) is 5.82 Å². The molecule has 2 aromatic carbocycles. The quantitative estimate of drug-likeness (QED) is 0.682. The molecular formula is C17H16N4O. The molecule has 5 nitrogen and oxygen atoms in total. The second kappa shape index (κ2) is 6.13. The maximum Gasteiger partial charge on any atom is 0.324 e. The molecule has 2 amide bonds. The molecule has 0 bridgehead atoms. The van der Waals surface area contributed by atoms with E-state index in [1.165, 1.54) is 5.56 Å². The summed E-state index contributed by atoms with van der Waals surface area (Å²) in [5.41, 5.74) is 3.81. The normalized spacial score (nSPS) is 10.2. The first-order chi connectivity index (χ1) is 10.7. The summed E-state index contributed by atoms with van der Waals surface area (Å²) in [5.74, 6) is 0.476. The molecule has 0 unspecified atom stereocenters. The van der Waals surface area contributed by atoms with Crippen molar-refractivity contribution in [3.8, 4) is 11.3 Å². The molecule has 3 aromatic rings. The molecule has 0 atom stereocenters. The van der Waals surface area contributed by atoms with Gasteiger partial charge in [-0.15, -0.1) is 0 Å². The van der Waals surface area contributed by atoms with Crippen molar-refractivity contribution in [3.05, 3.63) is 66.2 Å². The number of nitrogens with zero attached hydrogens (tertiary/aromatic N) is 1. The predicted octanol–water partition coefficient (Wildman–Crippen LogP) is 4.03. The topological polar surface area (TPSA) is 69.8 Å². The maximum absolute atomic E-state index is 11.9. The molecule has 1 aromatic heterocycles. The first-order valence-corrected chi connectivity index (χ1v) is 6.96. The third kappa shape index (κ3) is 3.32. The summed E-state index contributed by atoms with van der Waals surface area (Å²) in [6.07, 6.45) is 0. The lowest BCUT2D eigenvalue weighted by molar-refractivity contribution is 0.262. The number of hydrogen-bond donors (Lipinski definition) is 3. The molecule has 1 heterocycles. The van der Waals surface area contributed by atoms with Crippen LogP contribution in [0.5, 0.6) is 0 Å². The molecule has 0 saturated carbocycles. The largest absolute Gasteiger partial charge is 0.324 e. The zero-order valence-corrected chi connectivity index (χ0v) is 12.1. The monoisotopic (exact) mass is 292 g/mol. The molecule has 110 valence electrons. The molecule has 0 aliphatic heterocycles. The number of amides is 2. The summed E-state index contributed by atoms with van der Waals surface area (Å²) >= 11 is 0. The molecule has 0 radical (unpaired) electrons. The Morgan fingerprint density at radius 3 is 2.45 bits per heavy atom. The van der Waals surface area contributed by atoms with Crippen LogP contribution in [0.1, 0.15) is 5.56 Å². The van der Waals surface area contributed by atoms with Crippen molar-refractivity contribution in [3.63, 3.8) is 0 Å². The fraction of sp³-hybridized carbons (Fsp3) is 0.0588. The Morgan fingerprint density at radius 1 is 1.00 bits per heavy atom. The minimum atomic E-state index is -0.326. The van der Waals surface area contributed by atoms with Crippen LogP contribution in [0.3, 0.4) is 0 Å². The average Bonchev–Trinajstić information content (AvgIpc) is 2.97. The van der Waals surface area contributed by atoms with Gasteiger partial charge in [-0.3, -0.25) is 10.4 Å². The van der Waals surface area contributed by atoms with Crippen LogP contribution in [0.25, 0.3) is 11.3 Å². The van der Waals surface area contributed by atoms with E-state index in [1.807, 2.05) is 61.5 Å². The van der Waals surface area contributed by atoms with Crippen LogP contribution in [0.4, 0.5) is 16.3 Å². The number of carbonyl (C=O) groups excluding carboxylic acids is 1. The number of urea groups is 1. The third-order valence-electron chi connectivity index (χ3n) is 3.21. The number of aromatic amines is 1. The number of anilines is 2. The van der Waals surface area contributed by atoms with Crippen molar-refractivity contribution in [1.29, 1.82) is 0 Å². The number of H-pyrrole nitrogens is 1. The highest BCUT2D eigenvalue weighted by molar-refractivity contribution is 5.99. The van der Waals surface area contributed by atoms with E-state index in [2.05, 4.69) is 20.8 Å². The van der Waals surface area contributed by atoms with Crippen molar-refractivity contribution in [1.82, 2.24) is 10.2 Å². The van der Waals surface area contributed by atoms with Gasteiger partial charge in [0.25, 0.3) is 0 Å². The molecule has 3 N–H and O–H groups in total. The van der Waals surface area contributed by atoms with E-state index >= 15 is 0 Å². The maximum atomic E-state index is 11.9. The van der Waals surface area contributed by atoms with E-state index in [9.17, 15) is 4.79 Å². The number of nitrogens with one attached hydrogen (secondary N) is 3. The second-order valence-corrected chi connectivity index (χ2v) is 4.98. The number of aryl methyl sites for hydroxylation is 1. The molecule has 0 aliphatic rings. The molecule has 0 saturated heterocycles. The molecule has 5 heteroatoms. The molecule has 0 aliphatic carbocycles. The lowest BCUT2D eigenvalue weighted by Gasteiger charge is -2.04. The fourth-order valence-electron chi connectivity index (χ4n) is 2.07. The van der Waals surface area contributed by atoms with Gasteiger partial charge in [-0.25, -0.2) is 4.79 Å². The van der Waals surface area contributed by atoms with E-state index in [0.29, 0.717) is 5.82 Å². The number of rotatable bonds is 3. The summed E-state index contributed by atoms with van der Waals surface area (Å²) < 4.78 is 0. The SMILES string of the molecule is Cc1ccc(-c2cc(NC(=O)Nc3ccccc3)n[nH]2)cc1. The fourth-order valence-corrected chi connectivity index (χ4v) is 2.07. The van der Waals surface area contributed by atoms with Gasteiger partial charge in [-0.2, -0.15) is 5.10 Å². The van der Waals surface area contributed by atoms with Crippen LogP contribution in [0.15, 0.2) is 60.7 Å². The number of para-hydroxylation sites is 1. The van der Waals surface area contributed by atoms with Crippen LogP contribution in [-0.4, -0.2) is 16.2 Å². The Kier molecular flexibility index (Phi) is 3.87. The van der Waals surface area contributed by atoms with E-state index in [1.54, 1.807) is 6.07 Å². The van der Waals surface area contributed by atoms with Crippen molar-refractivity contribution < 1.29 is 4.79 Å². The Labute approximate surface area is 128 Å². The Morgan fingerprint density at radius 2 is 1.73 bits per heavy atom. The van der Waals surface area contributed by atoms with E-state index < -0.39 is 0 Å². The van der Waals surface area contributed by atoms with Crippen molar-refractivity contribution in [2.75, 3.05) is 10.6 Å². The van der Waals surface area contributed by atoms with Crippen molar-refractivity contribution in [2.24, 2.45) is 0 Å². The van der Waals surface area contributed by atoms with Gasteiger partial charge in [0.05, 0.1) is 5.69 Å². The summed E-state index contributed by atoms with van der Waals surface area (Å²) in [6, 6.07) is 18.8. The van der Waals surface area contributed by atoms with Crippen LogP contribution < -0.4 is 10.6 Å². The first-order valence-electron chi connectivity index (χ1n) is 6.96. The van der Waals surface area contributed by atoms with Gasteiger partial charge in [-0.1, -0.05) is 48.0 Å². The van der Waals surface area contributed by atoms with Gasteiger partial charge in [-0.05, 0) is 24.6 Å². The van der Waals surface area contributed by atoms with Crippen molar-refractivity contribution in [2.45, 2.75) is 6.92 Å². The highest BCUT2D eigenvalue weighted by Crippen LogP contribution is 2.20. The Balaban J connectivity index is 1.66. The molecule has 3 rings (SSSR count). The summed E-state index contributed by atoms with van der Waals surface area (Å²) in [5, 5.41) is 12.5. The van der Waals surface area contributed by atoms with Gasteiger partial charge in [0, 0.05) is 11.8 Å². The van der Waals surface area contributed by atoms with E-state index in [0.717, 1.165) is 16.9 Å². The van der Waals surface area contributed by atoms with Crippen LogP contribution >= 0.6 is 0 Å². The first kappa shape index (κ1) is 13.9. The zero-order valence-electron chi connectivity index (χ0n) is 12.1. The van der Waals surface area contributed by atoms with Gasteiger partial charge >= 0.3 is 6.03 Å². The predicted molar refractivity (Wildman–Crippen MR) is 87.8 cm³/mol.